The van der Waals surface area contributed by atoms with Gasteiger partial charge in [0.05, 0.1) is 12.3 Å². The minimum atomic E-state index is 0.163. The Morgan fingerprint density at radius 3 is 2.47 bits per heavy atom. The summed E-state index contributed by atoms with van der Waals surface area (Å²) in [5.74, 6) is 0.934. The molecular weight excluding hydrogens is 234 g/mol. The van der Waals surface area contributed by atoms with Crippen LogP contribution < -0.4 is 5.32 Å². The van der Waals surface area contributed by atoms with Gasteiger partial charge in [0.15, 0.2) is 0 Å². The maximum absolute atomic E-state index is 6.16. The number of hydrogen-bond acceptors (Lipinski definition) is 2. The first kappa shape index (κ1) is 12.2. The Morgan fingerprint density at radius 2 is 1.82 bits per heavy atom. The molecule has 17 heavy (non-hydrogen) atoms. The molecule has 0 aliphatic heterocycles. The normalized spacial score (nSPS) is 14.5. The van der Waals surface area contributed by atoms with Gasteiger partial charge in [0.2, 0.25) is 0 Å². The quantitative estimate of drug-likeness (QED) is 0.872. The summed E-state index contributed by atoms with van der Waals surface area (Å²) in [5.41, 5.74) is 1.10. The van der Waals surface area contributed by atoms with Crippen LogP contribution in [0.5, 0.6) is 0 Å². The summed E-state index contributed by atoms with van der Waals surface area (Å²) < 4.78 is 5.37. The van der Waals surface area contributed by atoms with Gasteiger partial charge in [-0.25, -0.2) is 0 Å². The van der Waals surface area contributed by atoms with Crippen LogP contribution in [0.2, 0.25) is 5.02 Å². The van der Waals surface area contributed by atoms with Crippen molar-refractivity contribution in [1.82, 2.24) is 5.32 Å². The number of benzene rings is 1. The van der Waals surface area contributed by atoms with E-state index < -0.39 is 0 Å². The molecular formula is C14H16ClNO. The number of hydrogen-bond donors (Lipinski definition) is 1. The molecule has 1 N–H and O–H groups in total. The van der Waals surface area contributed by atoms with E-state index >= 15 is 0 Å². The second-order valence-corrected chi connectivity index (χ2v) is 4.55. The lowest BCUT2D eigenvalue weighted by Gasteiger charge is -2.19. The minimum Gasteiger partial charge on any atom is -0.468 e. The fourth-order valence-electron chi connectivity index (χ4n) is 1.91. The summed E-state index contributed by atoms with van der Waals surface area (Å²) >= 11 is 6.16. The van der Waals surface area contributed by atoms with E-state index in [0.717, 1.165) is 16.3 Å². The third-order valence-corrected chi connectivity index (χ3v) is 3.19. The number of halogens is 1. The van der Waals surface area contributed by atoms with E-state index in [9.17, 15) is 0 Å². The largest absolute Gasteiger partial charge is 0.468 e. The summed E-state index contributed by atoms with van der Waals surface area (Å²) in [6, 6.07) is 12.1. The summed E-state index contributed by atoms with van der Waals surface area (Å²) in [6.07, 6.45) is 1.69. The highest BCUT2D eigenvalue weighted by molar-refractivity contribution is 6.31. The monoisotopic (exact) mass is 249 g/mol. The van der Waals surface area contributed by atoms with Crippen LogP contribution in [0.3, 0.4) is 0 Å². The Morgan fingerprint density at radius 1 is 1.06 bits per heavy atom. The highest BCUT2D eigenvalue weighted by atomic mass is 35.5. The zero-order valence-electron chi connectivity index (χ0n) is 9.98. The summed E-state index contributed by atoms with van der Waals surface area (Å²) in [6.45, 7) is 4.17. The van der Waals surface area contributed by atoms with Crippen molar-refractivity contribution < 1.29 is 4.42 Å². The van der Waals surface area contributed by atoms with Gasteiger partial charge in [-0.05, 0) is 37.6 Å². The molecule has 2 unspecified atom stereocenters. The van der Waals surface area contributed by atoms with Crippen LogP contribution in [-0.4, -0.2) is 0 Å². The fourth-order valence-corrected chi connectivity index (χ4v) is 2.21. The molecule has 90 valence electrons. The summed E-state index contributed by atoms with van der Waals surface area (Å²) in [4.78, 5) is 0. The van der Waals surface area contributed by atoms with Crippen LogP contribution in [0.1, 0.15) is 37.3 Å². The van der Waals surface area contributed by atoms with Gasteiger partial charge in [-0.1, -0.05) is 29.8 Å². The van der Waals surface area contributed by atoms with Gasteiger partial charge in [-0.15, -0.1) is 0 Å². The van der Waals surface area contributed by atoms with Crippen molar-refractivity contribution in [2.24, 2.45) is 0 Å². The molecule has 0 saturated heterocycles. The molecule has 2 rings (SSSR count). The van der Waals surface area contributed by atoms with Crippen LogP contribution >= 0.6 is 11.6 Å². The van der Waals surface area contributed by atoms with E-state index in [4.69, 9.17) is 16.0 Å². The van der Waals surface area contributed by atoms with Crippen LogP contribution in [0.25, 0.3) is 0 Å². The Hall–Kier alpha value is -1.25. The first-order chi connectivity index (χ1) is 8.18. The maximum Gasteiger partial charge on any atom is 0.120 e. The smallest absolute Gasteiger partial charge is 0.120 e. The van der Waals surface area contributed by atoms with Gasteiger partial charge in [-0.2, -0.15) is 0 Å². The third kappa shape index (κ3) is 2.90. The van der Waals surface area contributed by atoms with Crippen LogP contribution in [0.15, 0.2) is 47.1 Å². The van der Waals surface area contributed by atoms with Crippen molar-refractivity contribution >= 4 is 11.6 Å². The van der Waals surface area contributed by atoms with Crippen molar-refractivity contribution in [2.45, 2.75) is 25.9 Å². The van der Waals surface area contributed by atoms with Crippen molar-refractivity contribution in [3.63, 3.8) is 0 Å². The van der Waals surface area contributed by atoms with Crippen molar-refractivity contribution in [1.29, 1.82) is 0 Å². The summed E-state index contributed by atoms with van der Waals surface area (Å²) in [5, 5.41) is 4.25. The fraction of sp³-hybridized carbons (Fsp3) is 0.286. The minimum absolute atomic E-state index is 0.163. The van der Waals surface area contributed by atoms with Gasteiger partial charge in [0.25, 0.3) is 0 Å². The molecule has 0 aliphatic rings. The molecule has 1 heterocycles. The molecule has 0 radical (unpaired) electrons. The Balaban J connectivity index is 2.07. The topological polar surface area (TPSA) is 25.2 Å². The predicted octanol–water partition coefficient (Wildman–Crippen LogP) is 4.34. The van der Waals surface area contributed by atoms with Gasteiger partial charge in [0, 0.05) is 11.1 Å². The molecule has 0 fully saturated rings. The van der Waals surface area contributed by atoms with Gasteiger partial charge in [-0.3, -0.25) is 0 Å². The van der Waals surface area contributed by atoms with E-state index in [0.29, 0.717) is 0 Å². The highest BCUT2D eigenvalue weighted by Gasteiger charge is 2.14. The predicted molar refractivity (Wildman–Crippen MR) is 70.1 cm³/mol. The van der Waals surface area contributed by atoms with Gasteiger partial charge < -0.3 is 9.73 Å². The van der Waals surface area contributed by atoms with E-state index in [1.165, 1.54) is 0 Å². The van der Waals surface area contributed by atoms with Crippen molar-refractivity contribution in [3.05, 3.63) is 59.0 Å². The summed E-state index contributed by atoms with van der Waals surface area (Å²) in [7, 11) is 0. The standard InChI is InChI=1S/C14H16ClNO/c1-10(12-6-3-4-7-13(12)15)16-11(2)14-8-5-9-17-14/h3-11,16H,1-2H3. The molecule has 2 nitrogen and oxygen atoms in total. The Bertz CT molecular complexity index is 467. The van der Waals surface area contributed by atoms with E-state index in [1.54, 1.807) is 6.26 Å². The first-order valence-corrected chi connectivity index (χ1v) is 6.10. The Kier molecular flexibility index (Phi) is 3.87. The third-order valence-electron chi connectivity index (χ3n) is 2.84. The molecule has 3 heteroatoms. The molecule has 0 aliphatic carbocycles. The molecule has 2 aromatic rings. The lowest BCUT2D eigenvalue weighted by molar-refractivity contribution is 0.403. The lowest BCUT2D eigenvalue weighted by Crippen LogP contribution is -2.22. The molecule has 2 atom stereocenters. The first-order valence-electron chi connectivity index (χ1n) is 5.72. The van der Waals surface area contributed by atoms with Gasteiger partial charge in [0.1, 0.15) is 5.76 Å². The second-order valence-electron chi connectivity index (χ2n) is 4.15. The molecule has 0 amide bonds. The Labute approximate surface area is 107 Å². The van der Waals surface area contributed by atoms with Crippen LogP contribution in [-0.2, 0) is 0 Å². The van der Waals surface area contributed by atoms with E-state index in [1.807, 2.05) is 36.4 Å². The molecule has 0 spiro atoms. The molecule has 1 aromatic carbocycles. The average Bonchev–Trinajstić information content (AvgIpc) is 2.82. The van der Waals surface area contributed by atoms with Crippen LogP contribution in [0.4, 0.5) is 0 Å². The van der Waals surface area contributed by atoms with Crippen LogP contribution in [0, 0.1) is 0 Å². The molecule has 0 saturated carbocycles. The molecule has 0 bridgehead atoms. The SMILES string of the molecule is CC(NC(C)c1ccccc1Cl)c1ccco1. The maximum atomic E-state index is 6.16. The lowest BCUT2D eigenvalue weighted by atomic mass is 10.1. The molecule has 1 aromatic heterocycles. The zero-order valence-corrected chi connectivity index (χ0v) is 10.7. The second kappa shape index (κ2) is 5.39. The zero-order chi connectivity index (χ0) is 12.3. The van der Waals surface area contributed by atoms with Crippen molar-refractivity contribution in [3.8, 4) is 0 Å². The van der Waals surface area contributed by atoms with E-state index in [2.05, 4.69) is 19.2 Å². The van der Waals surface area contributed by atoms with Crippen molar-refractivity contribution in [2.75, 3.05) is 0 Å². The number of rotatable bonds is 4. The van der Waals surface area contributed by atoms with Gasteiger partial charge >= 0.3 is 0 Å². The number of furan rings is 1. The highest BCUT2D eigenvalue weighted by Crippen LogP contribution is 2.25. The average molecular weight is 250 g/mol. The number of nitrogens with one attached hydrogen (secondary N) is 1. The van der Waals surface area contributed by atoms with E-state index in [-0.39, 0.29) is 12.1 Å².